The fraction of sp³-hybridized carbons (Fsp3) is 0.111. The Kier molecular flexibility index (Phi) is 2.09. The fourth-order valence-corrected chi connectivity index (χ4v) is 2.72. The minimum atomic E-state index is 0.283. The molecule has 68 valence electrons. The van der Waals surface area contributed by atoms with Gasteiger partial charge in [0.2, 0.25) is 0 Å². The zero-order valence-electron chi connectivity index (χ0n) is 7.07. The highest BCUT2D eigenvalue weighted by Crippen LogP contribution is 2.37. The molecule has 1 aromatic carbocycles. The van der Waals surface area contributed by atoms with Crippen LogP contribution in [-0.4, -0.2) is 11.4 Å². The van der Waals surface area contributed by atoms with Crippen LogP contribution in [-0.2, 0) is 0 Å². The van der Waals surface area contributed by atoms with Gasteiger partial charge in [0.25, 0.3) is 0 Å². The van der Waals surface area contributed by atoms with E-state index in [0.29, 0.717) is 5.69 Å². The summed E-state index contributed by atoms with van der Waals surface area (Å²) in [5.41, 5.74) is 6.46. The van der Waals surface area contributed by atoms with Crippen molar-refractivity contribution in [1.82, 2.24) is 0 Å². The van der Waals surface area contributed by atoms with E-state index in [-0.39, 0.29) is 5.75 Å². The van der Waals surface area contributed by atoms with E-state index >= 15 is 0 Å². The molecule has 0 spiro atoms. The maximum Gasteiger partial charge on any atom is 0.136 e. The molecule has 0 saturated heterocycles. The molecule has 0 unspecified atom stereocenters. The van der Waals surface area contributed by atoms with Crippen LogP contribution in [0.15, 0.2) is 22.4 Å². The van der Waals surface area contributed by atoms with Gasteiger partial charge in [0.05, 0.1) is 5.39 Å². The Morgan fingerprint density at radius 3 is 2.92 bits per heavy atom. The van der Waals surface area contributed by atoms with E-state index < -0.39 is 0 Å². The number of rotatable bonds is 1. The molecule has 1 aromatic heterocycles. The second-order valence-corrected chi connectivity index (χ2v) is 4.50. The van der Waals surface area contributed by atoms with Crippen molar-refractivity contribution in [3.05, 3.63) is 17.5 Å². The molecule has 2 aromatic rings. The van der Waals surface area contributed by atoms with Crippen LogP contribution in [0.4, 0.5) is 5.69 Å². The Morgan fingerprint density at radius 2 is 2.23 bits per heavy atom. The summed E-state index contributed by atoms with van der Waals surface area (Å²) in [6.07, 6.45) is 2.01. The minimum Gasteiger partial charge on any atom is -0.506 e. The molecule has 0 amide bonds. The number of benzene rings is 1. The van der Waals surface area contributed by atoms with Gasteiger partial charge in [-0.3, -0.25) is 0 Å². The van der Waals surface area contributed by atoms with Gasteiger partial charge in [-0.2, -0.15) is 0 Å². The van der Waals surface area contributed by atoms with E-state index in [1.54, 1.807) is 17.1 Å². The molecule has 2 rings (SSSR count). The zero-order valence-corrected chi connectivity index (χ0v) is 8.71. The lowest BCUT2D eigenvalue weighted by atomic mass is 10.2. The molecule has 0 atom stereocenters. The van der Waals surface area contributed by atoms with Gasteiger partial charge in [0.1, 0.15) is 5.75 Å². The molecule has 0 aliphatic rings. The van der Waals surface area contributed by atoms with Crippen LogP contribution in [0.25, 0.3) is 10.1 Å². The SMILES string of the molecule is CSc1cc(N)c2c(O)csc2c1. The fourth-order valence-electron chi connectivity index (χ4n) is 1.27. The van der Waals surface area contributed by atoms with Crippen LogP contribution in [0, 0.1) is 0 Å². The number of thiophene rings is 1. The molecule has 0 bridgehead atoms. The molecular formula is C9H9NOS2. The Balaban J connectivity index is 2.79. The first-order chi connectivity index (χ1) is 6.22. The zero-order chi connectivity index (χ0) is 9.42. The molecule has 3 N–H and O–H groups in total. The largest absolute Gasteiger partial charge is 0.506 e. The Morgan fingerprint density at radius 1 is 1.46 bits per heavy atom. The lowest BCUT2D eigenvalue weighted by Crippen LogP contribution is -1.85. The lowest BCUT2D eigenvalue weighted by molar-refractivity contribution is 0.484. The van der Waals surface area contributed by atoms with Crippen molar-refractivity contribution in [3.63, 3.8) is 0 Å². The van der Waals surface area contributed by atoms with Gasteiger partial charge in [-0.15, -0.1) is 23.1 Å². The average Bonchev–Trinajstić information content (AvgIpc) is 2.48. The van der Waals surface area contributed by atoms with Crippen LogP contribution in [0.5, 0.6) is 5.75 Å². The van der Waals surface area contributed by atoms with Gasteiger partial charge < -0.3 is 10.8 Å². The molecule has 0 radical (unpaired) electrons. The molecule has 0 saturated carbocycles. The number of nitrogens with two attached hydrogens (primary N) is 1. The maximum absolute atomic E-state index is 9.48. The smallest absolute Gasteiger partial charge is 0.136 e. The number of fused-ring (bicyclic) bond motifs is 1. The summed E-state index contributed by atoms with van der Waals surface area (Å²) >= 11 is 3.17. The highest BCUT2D eigenvalue weighted by Gasteiger charge is 2.07. The summed E-state index contributed by atoms with van der Waals surface area (Å²) < 4.78 is 1.04. The molecule has 0 aliphatic carbocycles. The number of hydrogen-bond donors (Lipinski definition) is 2. The molecule has 13 heavy (non-hydrogen) atoms. The summed E-state index contributed by atoms with van der Waals surface area (Å²) in [5, 5.41) is 12.0. The Hall–Kier alpha value is -0.870. The molecular weight excluding hydrogens is 202 g/mol. The summed E-state index contributed by atoms with van der Waals surface area (Å²) in [7, 11) is 0. The van der Waals surface area contributed by atoms with Crippen LogP contribution in [0.1, 0.15) is 0 Å². The second-order valence-electron chi connectivity index (χ2n) is 2.71. The quantitative estimate of drug-likeness (QED) is 0.563. The van der Waals surface area contributed by atoms with Gasteiger partial charge in [-0.1, -0.05) is 0 Å². The number of nitrogen functional groups attached to an aromatic ring is 1. The monoisotopic (exact) mass is 211 g/mol. The van der Waals surface area contributed by atoms with Gasteiger partial charge in [0.15, 0.2) is 0 Å². The molecule has 4 heteroatoms. The minimum absolute atomic E-state index is 0.283. The van der Waals surface area contributed by atoms with Gasteiger partial charge >= 0.3 is 0 Å². The van der Waals surface area contributed by atoms with Crippen molar-refractivity contribution in [2.75, 3.05) is 12.0 Å². The summed E-state index contributed by atoms with van der Waals surface area (Å²) in [6, 6.07) is 3.93. The van der Waals surface area contributed by atoms with E-state index in [1.807, 2.05) is 18.4 Å². The van der Waals surface area contributed by atoms with E-state index in [1.165, 1.54) is 11.3 Å². The highest BCUT2D eigenvalue weighted by atomic mass is 32.2. The first kappa shape index (κ1) is 8.72. The predicted molar refractivity (Wildman–Crippen MR) is 59.7 cm³/mol. The summed E-state index contributed by atoms with van der Waals surface area (Å²) in [4.78, 5) is 1.13. The normalized spacial score (nSPS) is 10.8. The van der Waals surface area contributed by atoms with Crippen LogP contribution in [0.2, 0.25) is 0 Å². The molecule has 0 aliphatic heterocycles. The third kappa shape index (κ3) is 1.36. The maximum atomic E-state index is 9.48. The van der Waals surface area contributed by atoms with Crippen molar-refractivity contribution in [1.29, 1.82) is 0 Å². The molecule has 1 heterocycles. The van der Waals surface area contributed by atoms with E-state index in [0.717, 1.165) is 15.0 Å². The number of hydrogen-bond acceptors (Lipinski definition) is 4. The number of anilines is 1. The van der Waals surface area contributed by atoms with Crippen molar-refractivity contribution >= 4 is 38.9 Å². The van der Waals surface area contributed by atoms with Gasteiger partial charge in [-0.25, -0.2) is 0 Å². The third-order valence-corrected chi connectivity index (χ3v) is 3.52. The number of thioether (sulfide) groups is 1. The van der Waals surface area contributed by atoms with Crippen LogP contribution in [0.3, 0.4) is 0 Å². The Bertz CT molecular complexity index is 450. The van der Waals surface area contributed by atoms with Crippen LogP contribution >= 0.6 is 23.1 Å². The van der Waals surface area contributed by atoms with Gasteiger partial charge in [-0.05, 0) is 18.4 Å². The van der Waals surface area contributed by atoms with Crippen molar-refractivity contribution in [2.45, 2.75) is 4.90 Å². The average molecular weight is 211 g/mol. The van der Waals surface area contributed by atoms with Crippen molar-refractivity contribution in [2.24, 2.45) is 0 Å². The summed E-state index contributed by atoms with van der Waals surface area (Å²) in [6.45, 7) is 0. The lowest BCUT2D eigenvalue weighted by Gasteiger charge is -2.00. The topological polar surface area (TPSA) is 46.2 Å². The van der Waals surface area contributed by atoms with Crippen molar-refractivity contribution < 1.29 is 5.11 Å². The van der Waals surface area contributed by atoms with Crippen molar-refractivity contribution in [3.8, 4) is 5.75 Å². The van der Waals surface area contributed by atoms with E-state index in [4.69, 9.17) is 5.73 Å². The first-order valence-electron chi connectivity index (χ1n) is 3.76. The first-order valence-corrected chi connectivity index (χ1v) is 5.86. The number of aromatic hydroxyl groups is 1. The van der Waals surface area contributed by atoms with Gasteiger partial charge in [0, 0.05) is 20.7 Å². The predicted octanol–water partition coefficient (Wildman–Crippen LogP) is 2.91. The van der Waals surface area contributed by atoms with E-state index in [2.05, 4.69) is 0 Å². The van der Waals surface area contributed by atoms with Crippen LogP contribution < -0.4 is 5.73 Å². The van der Waals surface area contributed by atoms with E-state index in [9.17, 15) is 5.11 Å². The molecule has 2 nitrogen and oxygen atoms in total. The second kappa shape index (κ2) is 3.12. The standard InChI is InChI=1S/C9H9NOS2/c1-12-5-2-6(10)9-7(11)4-13-8(9)3-5/h2-4,11H,10H2,1H3. The molecule has 0 fully saturated rings. The Labute approximate surface area is 84.4 Å². The third-order valence-electron chi connectivity index (χ3n) is 1.90. The highest BCUT2D eigenvalue weighted by molar-refractivity contribution is 7.98. The summed E-state index contributed by atoms with van der Waals surface area (Å²) in [5.74, 6) is 0.283.